The number of nitrogens with one attached hydrogen (secondary N) is 1. The number of hydrogen-bond acceptors (Lipinski definition) is 5. The van der Waals surface area contributed by atoms with Gasteiger partial charge in [-0.05, 0) is 104 Å². The number of rotatable bonds is 7. The van der Waals surface area contributed by atoms with Gasteiger partial charge in [-0.15, -0.1) is 0 Å². The standard InChI is InChI=1S/C33H26F3N5O2S2/c1-20-18-28(21(2)39(20)25-7-5-6-22(19-25)33(34,35)36)31-30(29-8-3-4-17-37-29)38-32(44)40(31)23-9-13-26(14-10-23)45-27-15-11-24(12-16-27)41(42)43/h3-19,30-31H,1-2H3,(H,38,44)/t30-,31-/m0/s1. The summed E-state index contributed by atoms with van der Waals surface area (Å²) >= 11 is 7.36. The molecule has 7 nitrogen and oxygen atoms in total. The summed E-state index contributed by atoms with van der Waals surface area (Å²) in [6, 6.07) is 26.5. The second-order valence-electron chi connectivity index (χ2n) is 10.6. The lowest BCUT2D eigenvalue weighted by atomic mass is 9.96. The first-order valence-corrected chi connectivity index (χ1v) is 15.1. The number of aryl methyl sites for hydroxylation is 1. The summed E-state index contributed by atoms with van der Waals surface area (Å²) in [6.45, 7) is 3.78. The molecule has 0 aliphatic carbocycles. The molecule has 5 aromatic rings. The zero-order valence-electron chi connectivity index (χ0n) is 24.0. The van der Waals surface area contributed by atoms with E-state index >= 15 is 0 Å². The highest BCUT2D eigenvalue weighted by molar-refractivity contribution is 7.99. The topological polar surface area (TPSA) is 76.2 Å². The summed E-state index contributed by atoms with van der Waals surface area (Å²) in [7, 11) is 0. The van der Waals surface area contributed by atoms with Crippen LogP contribution in [0.15, 0.2) is 113 Å². The molecule has 2 aromatic heterocycles. The van der Waals surface area contributed by atoms with Gasteiger partial charge in [0.1, 0.15) is 0 Å². The second kappa shape index (κ2) is 12.0. The van der Waals surface area contributed by atoms with Crippen molar-refractivity contribution in [2.24, 2.45) is 0 Å². The van der Waals surface area contributed by atoms with Crippen molar-refractivity contribution in [3.05, 3.63) is 142 Å². The summed E-state index contributed by atoms with van der Waals surface area (Å²) in [5.41, 5.74) is 3.83. The Morgan fingerprint density at radius 3 is 2.22 bits per heavy atom. The molecular weight excluding hydrogens is 620 g/mol. The lowest BCUT2D eigenvalue weighted by molar-refractivity contribution is -0.384. The Hall–Kier alpha value is -4.68. The van der Waals surface area contributed by atoms with Crippen LogP contribution in [0.5, 0.6) is 0 Å². The van der Waals surface area contributed by atoms with Crippen molar-refractivity contribution in [1.29, 1.82) is 0 Å². The highest BCUT2D eigenvalue weighted by Gasteiger charge is 2.42. The maximum absolute atomic E-state index is 13.6. The number of non-ortho nitro benzene ring substituents is 1. The van der Waals surface area contributed by atoms with Gasteiger partial charge in [-0.2, -0.15) is 13.2 Å². The third-order valence-corrected chi connectivity index (χ3v) is 9.05. The molecule has 45 heavy (non-hydrogen) atoms. The number of hydrogen-bond donors (Lipinski definition) is 1. The average Bonchev–Trinajstić information content (AvgIpc) is 3.52. The molecule has 3 aromatic carbocycles. The highest BCUT2D eigenvalue weighted by atomic mass is 32.2. The van der Waals surface area contributed by atoms with Gasteiger partial charge < -0.3 is 14.8 Å². The molecule has 3 heterocycles. The van der Waals surface area contributed by atoms with E-state index in [1.165, 1.54) is 30.0 Å². The number of nitrogens with zero attached hydrogens (tertiary/aromatic N) is 4. The molecular formula is C33H26F3N5O2S2. The van der Waals surface area contributed by atoms with E-state index in [9.17, 15) is 23.3 Å². The normalized spacial score (nSPS) is 16.6. The van der Waals surface area contributed by atoms with Crippen LogP contribution in [0.3, 0.4) is 0 Å². The quantitative estimate of drug-likeness (QED) is 0.108. The molecule has 0 saturated carbocycles. The first-order valence-electron chi connectivity index (χ1n) is 13.9. The average molecular weight is 646 g/mol. The molecule has 0 bridgehead atoms. The van der Waals surface area contributed by atoms with Crippen molar-refractivity contribution in [2.45, 2.75) is 41.9 Å². The van der Waals surface area contributed by atoms with E-state index in [4.69, 9.17) is 12.2 Å². The molecule has 0 unspecified atom stereocenters. The van der Waals surface area contributed by atoms with Gasteiger partial charge in [0.15, 0.2) is 5.11 Å². The first-order chi connectivity index (χ1) is 21.5. The van der Waals surface area contributed by atoms with Gasteiger partial charge >= 0.3 is 6.18 Å². The third kappa shape index (κ3) is 6.03. The number of alkyl halides is 3. The predicted octanol–water partition coefficient (Wildman–Crippen LogP) is 8.74. The maximum Gasteiger partial charge on any atom is 0.416 e. The molecule has 0 spiro atoms. The van der Waals surface area contributed by atoms with Crippen molar-refractivity contribution in [2.75, 3.05) is 4.90 Å². The Labute approximate surface area is 266 Å². The van der Waals surface area contributed by atoms with Crippen LogP contribution in [-0.4, -0.2) is 19.6 Å². The molecule has 228 valence electrons. The van der Waals surface area contributed by atoms with E-state index in [-0.39, 0.29) is 17.8 Å². The van der Waals surface area contributed by atoms with Crippen molar-refractivity contribution >= 4 is 40.5 Å². The van der Waals surface area contributed by atoms with E-state index in [0.29, 0.717) is 10.8 Å². The van der Waals surface area contributed by atoms with Gasteiger partial charge in [0.05, 0.1) is 28.3 Å². The minimum atomic E-state index is -4.46. The van der Waals surface area contributed by atoms with Crippen LogP contribution < -0.4 is 10.2 Å². The fourth-order valence-electron chi connectivity index (χ4n) is 5.70. The van der Waals surface area contributed by atoms with Crippen LogP contribution in [0.25, 0.3) is 5.69 Å². The molecule has 1 saturated heterocycles. The van der Waals surface area contributed by atoms with E-state index < -0.39 is 16.7 Å². The van der Waals surface area contributed by atoms with Crippen molar-refractivity contribution in [3.8, 4) is 5.69 Å². The van der Waals surface area contributed by atoms with Crippen LogP contribution in [0.1, 0.15) is 40.3 Å². The Balaban J connectivity index is 1.38. The fraction of sp³-hybridized carbons (Fsp3) is 0.152. The minimum absolute atomic E-state index is 0.0330. The van der Waals surface area contributed by atoms with Crippen LogP contribution in [0.4, 0.5) is 24.5 Å². The van der Waals surface area contributed by atoms with Gasteiger partial charge in [0.2, 0.25) is 0 Å². The van der Waals surface area contributed by atoms with Crippen molar-refractivity contribution in [1.82, 2.24) is 14.9 Å². The molecule has 1 aliphatic rings. The van der Waals surface area contributed by atoms with E-state index in [2.05, 4.69) is 10.3 Å². The summed E-state index contributed by atoms with van der Waals surface area (Å²) in [6.07, 6.45) is -2.74. The summed E-state index contributed by atoms with van der Waals surface area (Å²) < 4.78 is 42.6. The third-order valence-electron chi connectivity index (χ3n) is 7.72. The fourth-order valence-corrected chi connectivity index (χ4v) is 6.86. The molecule has 1 fully saturated rings. The first kappa shape index (κ1) is 30.4. The minimum Gasteiger partial charge on any atom is -0.351 e. The van der Waals surface area contributed by atoms with Crippen LogP contribution in [0.2, 0.25) is 0 Å². The van der Waals surface area contributed by atoms with Crippen LogP contribution >= 0.6 is 24.0 Å². The molecule has 1 aliphatic heterocycles. The SMILES string of the molecule is Cc1cc([C@H]2[C@H](c3ccccn3)NC(=S)N2c2ccc(Sc3ccc([N+](=O)[O-])cc3)cc2)c(C)n1-c1cccc(C(F)(F)F)c1. The van der Waals surface area contributed by atoms with E-state index in [1.54, 1.807) is 24.4 Å². The molecule has 12 heteroatoms. The lowest BCUT2D eigenvalue weighted by Gasteiger charge is -2.28. The number of nitro groups is 1. The van der Waals surface area contributed by atoms with Gasteiger partial charge in [0.25, 0.3) is 5.69 Å². The van der Waals surface area contributed by atoms with E-state index in [1.807, 2.05) is 71.8 Å². The Bertz CT molecular complexity index is 1880. The molecule has 6 rings (SSSR count). The number of halogens is 3. The second-order valence-corrected chi connectivity index (χ2v) is 12.1. The maximum atomic E-state index is 13.6. The zero-order chi connectivity index (χ0) is 31.9. The molecule has 2 atom stereocenters. The number of benzene rings is 3. The van der Waals surface area contributed by atoms with Gasteiger partial charge in [-0.25, -0.2) is 0 Å². The number of thiocarbonyl (C=S) groups is 1. The van der Waals surface area contributed by atoms with Crippen molar-refractivity contribution < 1.29 is 18.1 Å². The lowest BCUT2D eigenvalue weighted by Crippen LogP contribution is -2.29. The van der Waals surface area contributed by atoms with Crippen LogP contribution in [0, 0.1) is 24.0 Å². The Kier molecular flexibility index (Phi) is 8.10. The van der Waals surface area contributed by atoms with Gasteiger partial charge in [-0.1, -0.05) is 23.9 Å². The van der Waals surface area contributed by atoms with Crippen LogP contribution in [-0.2, 0) is 6.18 Å². The zero-order valence-corrected chi connectivity index (χ0v) is 25.7. The van der Waals surface area contributed by atoms with Gasteiger partial charge in [0, 0.05) is 50.9 Å². The Morgan fingerprint density at radius 2 is 1.60 bits per heavy atom. The molecule has 1 N–H and O–H groups in total. The number of anilines is 1. The highest BCUT2D eigenvalue weighted by Crippen LogP contribution is 2.44. The summed E-state index contributed by atoms with van der Waals surface area (Å²) in [5, 5.41) is 14.9. The molecule has 0 amide bonds. The largest absolute Gasteiger partial charge is 0.416 e. The molecule has 0 radical (unpaired) electrons. The summed E-state index contributed by atoms with van der Waals surface area (Å²) in [4.78, 5) is 19.0. The number of nitro benzene ring substituents is 1. The van der Waals surface area contributed by atoms with Gasteiger partial charge in [-0.3, -0.25) is 15.1 Å². The Morgan fingerprint density at radius 1 is 0.911 bits per heavy atom. The monoisotopic (exact) mass is 645 g/mol. The van der Waals surface area contributed by atoms with E-state index in [0.717, 1.165) is 50.3 Å². The number of aromatic nitrogens is 2. The predicted molar refractivity (Wildman–Crippen MR) is 172 cm³/mol. The smallest absolute Gasteiger partial charge is 0.351 e. The summed E-state index contributed by atoms with van der Waals surface area (Å²) in [5.74, 6) is 0. The number of pyridine rings is 1. The van der Waals surface area contributed by atoms with Crippen molar-refractivity contribution in [3.63, 3.8) is 0 Å².